The summed E-state index contributed by atoms with van der Waals surface area (Å²) in [5, 5.41) is 0. The van der Waals surface area contributed by atoms with Crippen molar-refractivity contribution in [2.24, 2.45) is 11.1 Å². The summed E-state index contributed by atoms with van der Waals surface area (Å²) in [5.41, 5.74) is 6.71. The zero-order valence-electron chi connectivity index (χ0n) is 11.9. The van der Waals surface area contributed by atoms with Crippen molar-refractivity contribution in [2.45, 2.75) is 27.2 Å². The number of thiocarbonyl (C=S) groups is 1. The van der Waals surface area contributed by atoms with Crippen molar-refractivity contribution in [3.05, 3.63) is 29.8 Å². The second kappa shape index (κ2) is 7.46. The Morgan fingerprint density at radius 2 is 1.84 bits per heavy atom. The largest absolute Gasteiger partial charge is 0.490 e. The van der Waals surface area contributed by atoms with E-state index in [9.17, 15) is 0 Å². The molecule has 0 saturated heterocycles. The monoisotopic (exact) mass is 281 g/mol. The Bertz CT molecular complexity index is 413. The lowest BCUT2D eigenvalue weighted by Crippen LogP contribution is -2.15. The molecular weight excluding hydrogens is 258 g/mol. The van der Waals surface area contributed by atoms with Gasteiger partial charge in [0, 0.05) is 6.61 Å². The van der Waals surface area contributed by atoms with Crippen LogP contribution in [0.5, 0.6) is 5.75 Å². The third kappa shape index (κ3) is 6.55. The van der Waals surface area contributed by atoms with Gasteiger partial charge in [0.15, 0.2) is 0 Å². The van der Waals surface area contributed by atoms with E-state index in [4.69, 9.17) is 27.4 Å². The minimum absolute atomic E-state index is 0.305. The summed E-state index contributed by atoms with van der Waals surface area (Å²) in [4.78, 5) is 0.351. The van der Waals surface area contributed by atoms with Crippen molar-refractivity contribution in [3.8, 4) is 5.75 Å². The average Bonchev–Trinajstić information content (AvgIpc) is 2.32. The molecule has 0 unspecified atom stereocenters. The molecule has 1 aromatic rings. The van der Waals surface area contributed by atoms with Crippen molar-refractivity contribution in [2.75, 3.05) is 19.8 Å². The predicted molar refractivity (Wildman–Crippen MR) is 82.7 cm³/mol. The summed E-state index contributed by atoms with van der Waals surface area (Å²) >= 11 is 4.98. The van der Waals surface area contributed by atoms with Crippen molar-refractivity contribution >= 4 is 17.2 Å². The van der Waals surface area contributed by atoms with E-state index in [0.717, 1.165) is 24.3 Å². The van der Waals surface area contributed by atoms with Crippen LogP contribution in [0.3, 0.4) is 0 Å². The maximum Gasteiger partial charge on any atom is 0.129 e. The van der Waals surface area contributed by atoms with Gasteiger partial charge in [-0.15, -0.1) is 0 Å². The Hall–Kier alpha value is -1.13. The van der Waals surface area contributed by atoms with Crippen molar-refractivity contribution in [1.82, 2.24) is 0 Å². The molecule has 3 nitrogen and oxygen atoms in total. The molecule has 1 rings (SSSR count). The minimum atomic E-state index is 0.305. The van der Waals surface area contributed by atoms with Gasteiger partial charge >= 0.3 is 0 Å². The maximum atomic E-state index is 5.64. The molecule has 0 bridgehead atoms. The summed E-state index contributed by atoms with van der Waals surface area (Å²) in [6.07, 6.45) is 1.04. The van der Waals surface area contributed by atoms with E-state index in [1.807, 2.05) is 24.3 Å². The summed E-state index contributed by atoms with van der Waals surface area (Å²) in [5.74, 6) is 0.717. The topological polar surface area (TPSA) is 44.5 Å². The fourth-order valence-electron chi connectivity index (χ4n) is 1.49. The minimum Gasteiger partial charge on any atom is -0.490 e. The van der Waals surface area contributed by atoms with E-state index in [0.29, 0.717) is 23.6 Å². The van der Waals surface area contributed by atoms with Gasteiger partial charge in [-0.25, -0.2) is 0 Å². The van der Waals surface area contributed by atoms with Gasteiger partial charge in [0.25, 0.3) is 0 Å². The van der Waals surface area contributed by atoms with Crippen LogP contribution in [0.15, 0.2) is 24.3 Å². The van der Waals surface area contributed by atoms with Crippen LogP contribution in [0.1, 0.15) is 32.8 Å². The van der Waals surface area contributed by atoms with Gasteiger partial charge in [0.1, 0.15) is 17.3 Å². The first-order valence-electron chi connectivity index (χ1n) is 6.49. The second-order valence-electron chi connectivity index (χ2n) is 5.63. The fraction of sp³-hybridized carbons (Fsp3) is 0.533. The highest BCUT2D eigenvalue weighted by molar-refractivity contribution is 7.80. The number of hydrogen-bond acceptors (Lipinski definition) is 3. The lowest BCUT2D eigenvalue weighted by molar-refractivity contribution is 0.0818. The summed E-state index contributed by atoms with van der Waals surface area (Å²) < 4.78 is 11.2. The molecule has 0 aliphatic heterocycles. The molecule has 0 spiro atoms. The van der Waals surface area contributed by atoms with E-state index in [1.165, 1.54) is 0 Å². The molecule has 0 heterocycles. The third-order valence-electron chi connectivity index (χ3n) is 2.63. The van der Waals surface area contributed by atoms with Crippen LogP contribution >= 0.6 is 12.2 Å². The first-order valence-corrected chi connectivity index (χ1v) is 6.90. The molecule has 0 saturated carbocycles. The van der Waals surface area contributed by atoms with Gasteiger partial charge in [0.2, 0.25) is 0 Å². The molecule has 0 aliphatic carbocycles. The van der Waals surface area contributed by atoms with E-state index in [2.05, 4.69) is 20.8 Å². The molecule has 0 fully saturated rings. The smallest absolute Gasteiger partial charge is 0.129 e. The molecule has 106 valence electrons. The molecular formula is C15H23NO2S. The maximum absolute atomic E-state index is 5.64. The van der Waals surface area contributed by atoms with Crippen molar-refractivity contribution in [3.63, 3.8) is 0 Å². The lowest BCUT2D eigenvalue weighted by Gasteiger charge is -2.17. The number of ether oxygens (including phenoxy) is 2. The Labute approximate surface area is 121 Å². The summed E-state index contributed by atoms with van der Waals surface area (Å²) in [6.45, 7) is 8.43. The number of benzene rings is 1. The molecule has 2 N–H and O–H groups in total. The van der Waals surface area contributed by atoms with E-state index < -0.39 is 0 Å². The van der Waals surface area contributed by atoms with Gasteiger partial charge in [-0.1, -0.05) is 45.1 Å². The average molecular weight is 281 g/mol. The second-order valence-corrected chi connectivity index (χ2v) is 6.07. The predicted octanol–water partition coefficient (Wildman–Crippen LogP) is 3.15. The first-order chi connectivity index (χ1) is 8.90. The van der Waals surface area contributed by atoms with Crippen LogP contribution in [0.2, 0.25) is 0 Å². The van der Waals surface area contributed by atoms with Gasteiger partial charge in [0.05, 0.1) is 12.2 Å². The number of rotatable bonds is 7. The van der Waals surface area contributed by atoms with Crippen LogP contribution < -0.4 is 10.5 Å². The normalized spacial score (nSPS) is 11.3. The zero-order chi connectivity index (χ0) is 14.3. The van der Waals surface area contributed by atoms with E-state index in [-0.39, 0.29) is 0 Å². The van der Waals surface area contributed by atoms with E-state index in [1.54, 1.807) is 0 Å². The van der Waals surface area contributed by atoms with Crippen LogP contribution in [0, 0.1) is 5.41 Å². The molecule has 0 amide bonds. The quantitative estimate of drug-likeness (QED) is 0.616. The fourth-order valence-corrected chi connectivity index (χ4v) is 1.66. The molecule has 19 heavy (non-hydrogen) atoms. The van der Waals surface area contributed by atoms with Gasteiger partial charge < -0.3 is 15.2 Å². The number of nitrogens with two attached hydrogens (primary N) is 1. The summed E-state index contributed by atoms with van der Waals surface area (Å²) in [7, 11) is 0. The Kier molecular flexibility index (Phi) is 6.25. The van der Waals surface area contributed by atoms with E-state index >= 15 is 0 Å². The molecule has 0 aromatic heterocycles. The summed E-state index contributed by atoms with van der Waals surface area (Å²) in [6, 6.07) is 7.51. The highest BCUT2D eigenvalue weighted by Gasteiger charge is 2.09. The van der Waals surface area contributed by atoms with Gasteiger partial charge in [-0.2, -0.15) is 0 Å². The van der Waals surface area contributed by atoms with Crippen LogP contribution in [-0.4, -0.2) is 24.8 Å². The first kappa shape index (κ1) is 15.9. The Balaban J connectivity index is 2.28. The molecule has 0 radical (unpaired) electrons. The van der Waals surface area contributed by atoms with Crippen LogP contribution in [0.25, 0.3) is 0 Å². The van der Waals surface area contributed by atoms with Crippen LogP contribution in [0.4, 0.5) is 0 Å². The number of hydrogen-bond donors (Lipinski definition) is 1. The standard InChI is InChI=1S/C15H23NO2S/c1-15(2,3)8-9-17-10-11-18-13-7-5-4-6-12(13)14(16)19/h4-7H,8-11H2,1-3H3,(H2,16,19). The van der Waals surface area contributed by atoms with Crippen molar-refractivity contribution in [1.29, 1.82) is 0 Å². The highest BCUT2D eigenvalue weighted by Crippen LogP contribution is 2.18. The molecule has 0 aliphatic rings. The highest BCUT2D eigenvalue weighted by atomic mass is 32.1. The third-order valence-corrected chi connectivity index (χ3v) is 2.85. The van der Waals surface area contributed by atoms with Crippen LogP contribution in [-0.2, 0) is 4.74 Å². The zero-order valence-corrected chi connectivity index (χ0v) is 12.8. The Morgan fingerprint density at radius 3 is 2.47 bits per heavy atom. The molecule has 0 atom stereocenters. The van der Waals surface area contributed by atoms with Gasteiger partial charge in [-0.05, 0) is 24.0 Å². The number of para-hydroxylation sites is 1. The van der Waals surface area contributed by atoms with Crippen molar-refractivity contribution < 1.29 is 9.47 Å². The molecule has 4 heteroatoms. The SMILES string of the molecule is CC(C)(C)CCOCCOc1ccccc1C(N)=S. The lowest BCUT2D eigenvalue weighted by atomic mass is 9.93. The Morgan fingerprint density at radius 1 is 1.16 bits per heavy atom. The van der Waals surface area contributed by atoms with Gasteiger partial charge in [-0.3, -0.25) is 0 Å². The molecule has 1 aromatic carbocycles.